The Hall–Kier alpha value is -1.81. The van der Waals surface area contributed by atoms with Gasteiger partial charge in [0.1, 0.15) is 10.6 Å². The van der Waals surface area contributed by atoms with Gasteiger partial charge < -0.3 is 4.18 Å². The van der Waals surface area contributed by atoms with Crippen molar-refractivity contribution < 1.29 is 12.6 Å². The molecule has 0 saturated heterocycles. The molecule has 0 radical (unpaired) electrons. The Morgan fingerprint density at radius 3 is 2.30 bits per heavy atom. The maximum absolute atomic E-state index is 12.4. The molecule has 0 N–H and O–H groups in total. The summed E-state index contributed by atoms with van der Waals surface area (Å²) in [5.74, 6) is 0.331. The third-order valence-corrected chi connectivity index (χ3v) is 4.34. The van der Waals surface area contributed by atoms with Crippen LogP contribution in [0, 0.1) is 0 Å². The second kappa shape index (κ2) is 6.57. The Morgan fingerprint density at radius 2 is 1.60 bits per heavy atom. The first-order valence-electron chi connectivity index (χ1n) is 6.71. The molecule has 0 amide bonds. The Morgan fingerprint density at radius 1 is 0.950 bits per heavy atom. The summed E-state index contributed by atoms with van der Waals surface area (Å²) in [6.45, 7) is 2.08. The fraction of sp³-hybridized carbons (Fsp3) is 0.250. The van der Waals surface area contributed by atoms with E-state index < -0.39 is 10.1 Å². The molecule has 0 bridgehead atoms. The number of hydrogen-bond acceptors (Lipinski definition) is 3. The monoisotopic (exact) mass is 290 g/mol. The molecule has 0 saturated carbocycles. The van der Waals surface area contributed by atoms with Crippen LogP contribution in [-0.2, 0) is 16.5 Å². The topological polar surface area (TPSA) is 43.4 Å². The Labute approximate surface area is 120 Å². The van der Waals surface area contributed by atoms with E-state index in [4.69, 9.17) is 4.18 Å². The fourth-order valence-corrected chi connectivity index (χ4v) is 3.16. The van der Waals surface area contributed by atoms with Crippen LogP contribution in [0.2, 0.25) is 0 Å². The van der Waals surface area contributed by atoms with Gasteiger partial charge in [-0.15, -0.1) is 0 Å². The van der Waals surface area contributed by atoms with Gasteiger partial charge in [0.05, 0.1) is 0 Å². The van der Waals surface area contributed by atoms with Crippen molar-refractivity contribution in [2.75, 3.05) is 0 Å². The van der Waals surface area contributed by atoms with Gasteiger partial charge in [0, 0.05) is 0 Å². The Kier molecular flexibility index (Phi) is 4.79. The first-order valence-corrected chi connectivity index (χ1v) is 8.12. The van der Waals surface area contributed by atoms with Crippen LogP contribution < -0.4 is 4.18 Å². The van der Waals surface area contributed by atoms with Crippen LogP contribution in [0.1, 0.15) is 25.3 Å². The van der Waals surface area contributed by atoms with Gasteiger partial charge in [-0.2, -0.15) is 8.42 Å². The van der Waals surface area contributed by atoms with Crippen molar-refractivity contribution >= 4 is 10.1 Å². The van der Waals surface area contributed by atoms with E-state index in [0.29, 0.717) is 5.75 Å². The summed E-state index contributed by atoms with van der Waals surface area (Å²) < 4.78 is 29.9. The van der Waals surface area contributed by atoms with E-state index in [-0.39, 0.29) is 4.90 Å². The number of rotatable bonds is 6. The van der Waals surface area contributed by atoms with Gasteiger partial charge in [0.25, 0.3) is 0 Å². The number of aryl methyl sites for hydroxylation is 1. The molecule has 2 aromatic carbocycles. The maximum atomic E-state index is 12.4. The molecule has 0 atom stereocenters. The highest BCUT2D eigenvalue weighted by Crippen LogP contribution is 2.22. The van der Waals surface area contributed by atoms with E-state index in [1.807, 2.05) is 18.2 Å². The Bertz CT molecular complexity index is 648. The van der Waals surface area contributed by atoms with E-state index in [9.17, 15) is 8.42 Å². The molecule has 0 fully saturated rings. The highest BCUT2D eigenvalue weighted by Gasteiger charge is 2.19. The second-order valence-electron chi connectivity index (χ2n) is 4.56. The molecule has 20 heavy (non-hydrogen) atoms. The molecule has 4 heteroatoms. The lowest BCUT2D eigenvalue weighted by molar-refractivity contribution is 0.485. The second-order valence-corrected chi connectivity index (χ2v) is 6.08. The van der Waals surface area contributed by atoms with Crippen molar-refractivity contribution in [1.82, 2.24) is 0 Å². The molecular formula is C16H18O3S. The van der Waals surface area contributed by atoms with Gasteiger partial charge in [0.15, 0.2) is 0 Å². The number of unbranched alkanes of at least 4 members (excludes halogenated alkanes) is 1. The lowest BCUT2D eigenvalue weighted by Gasteiger charge is -2.11. The number of hydrogen-bond donors (Lipinski definition) is 0. The highest BCUT2D eigenvalue weighted by atomic mass is 32.2. The van der Waals surface area contributed by atoms with Crippen LogP contribution >= 0.6 is 0 Å². The molecular weight excluding hydrogens is 272 g/mol. The molecule has 0 aliphatic heterocycles. The van der Waals surface area contributed by atoms with Crippen LogP contribution in [0.3, 0.4) is 0 Å². The third-order valence-electron chi connectivity index (χ3n) is 2.99. The van der Waals surface area contributed by atoms with Crippen LogP contribution in [-0.4, -0.2) is 8.42 Å². The SMILES string of the molecule is CCCCc1ccccc1S(=O)(=O)Oc1ccccc1. The summed E-state index contributed by atoms with van der Waals surface area (Å²) in [6, 6.07) is 15.6. The summed E-state index contributed by atoms with van der Waals surface area (Å²) in [5.41, 5.74) is 0.810. The summed E-state index contributed by atoms with van der Waals surface area (Å²) in [7, 11) is -3.77. The van der Waals surface area contributed by atoms with E-state index >= 15 is 0 Å². The molecule has 0 unspecified atom stereocenters. The van der Waals surface area contributed by atoms with E-state index in [2.05, 4.69) is 6.92 Å². The van der Waals surface area contributed by atoms with Gasteiger partial charge in [-0.25, -0.2) is 0 Å². The number of benzene rings is 2. The van der Waals surface area contributed by atoms with Gasteiger partial charge in [-0.1, -0.05) is 49.7 Å². The molecule has 0 spiro atoms. The molecule has 3 nitrogen and oxygen atoms in total. The standard InChI is InChI=1S/C16H18O3S/c1-2-3-9-14-10-7-8-13-16(14)20(17,18)19-15-11-5-4-6-12-15/h4-8,10-13H,2-3,9H2,1H3. The summed E-state index contributed by atoms with van der Waals surface area (Å²) >= 11 is 0. The lowest BCUT2D eigenvalue weighted by Crippen LogP contribution is -2.12. The zero-order valence-electron chi connectivity index (χ0n) is 11.5. The largest absolute Gasteiger partial charge is 0.379 e. The smallest absolute Gasteiger partial charge is 0.339 e. The van der Waals surface area contributed by atoms with Crippen molar-refractivity contribution in [2.24, 2.45) is 0 Å². The minimum Gasteiger partial charge on any atom is -0.379 e. The zero-order valence-corrected chi connectivity index (χ0v) is 12.3. The zero-order chi connectivity index (χ0) is 14.4. The van der Waals surface area contributed by atoms with Crippen molar-refractivity contribution in [1.29, 1.82) is 0 Å². The van der Waals surface area contributed by atoms with Crippen molar-refractivity contribution in [3.8, 4) is 5.75 Å². The van der Waals surface area contributed by atoms with Gasteiger partial charge in [0.2, 0.25) is 0 Å². The summed E-state index contributed by atoms with van der Waals surface area (Å²) in [4.78, 5) is 0.261. The summed E-state index contributed by atoms with van der Waals surface area (Å²) in [6.07, 6.45) is 2.72. The van der Waals surface area contributed by atoms with E-state index in [1.165, 1.54) is 0 Å². The molecule has 0 aliphatic carbocycles. The fourth-order valence-electron chi connectivity index (χ4n) is 1.97. The predicted octanol–water partition coefficient (Wildman–Crippen LogP) is 3.80. The average molecular weight is 290 g/mol. The molecule has 0 heterocycles. The van der Waals surface area contributed by atoms with Crippen molar-refractivity contribution in [3.63, 3.8) is 0 Å². The van der Waals surface area contributed by atoms with Crippen LogP contribution in [0.15, 0.2) is 59.5 Å². The van der Waals surface area contributed by atoms with Gasteiger partial charge in [-0.05, 0) is 36.6 Å². The predicted molar refractivity (Wildman–Crippen MR) is 79.3 cm³/mol. The van der Waals surface area contributed by atoms with Crippen LogP contribution in [0.4, 0.5) is 0 Å². The molecule has 0 aromatic heterocycles. The summed E-state index contributed by atoms with van der Waals surface area (Å²) in [5, 5.41) is 0. The first kappa shape index (κ1) is 14.6. The molecule has 2 rings (SSSR count). The van der Waals surface area contributed by atoms with Gasteiger partial charge in [-0.3, -0.25) is 0 Å². The third kappa shape index (κ3) is 3.61. The molecule has 2 aromatic rings. The van der Waals surface area contributed by atoms with E-state index in [0.717, 1.165) is 24.8 Å². The quantitative estimate of drug-likeness (QED) is 0.760. The average Bonchev–Trinajstić information content (AvgIpc) is 2.46. The highest BCUT2D eigenvalue weighted by molar-refractivity contribution is 7.87. The van der Waals surface area contributed by atoms with Crippen LogP contribution in [0.5, 0.6) is 5.75 Å². The Balaban J connectivity index is 2.30. The molecule has 0 aliphatic rings. The minimum absolute atomic E-state index is 0.261. The van der Waals surface area contributed by atoms with Crippen LogP contribution in [0.25, 0.3) is 0 Å². The van der Waals surface area contributed by atoms with Gasteiger partial charge >= 0.3 is 10.1 Å². The molecule has 106 valence electrons. The first-order chi connectivity index (χ1) is 9.63. The lowest BCUT2D eigenvalue weighted by atomic mass is 10.1. The van der Waals surface area contributed by atoms with E-state index in [1.54, 1.807) is 36.4 Å². The minimum atomic E-state index is -3.77. The number of para-hydroxylation sites is 1. The van der Waals surface area contributed by atoms with Crippen molar-refractivity contribution in [2.45, 2.75) is 31.1 Å². The normalized spacial score (nSPS) is 11.2. The maximum Gasteiger partial charge on any atom is 0.339 e. The van der Waals surface area contributed by atoms with Crippen molar-refractivity contribution in [3.05, 3.63) is 60.2 Å².